The zero-order valence-electron chi connectivity index (χ0n) is 11.4. The molecule has 1 aliphatic heterocycles. The number of anilines is 1. The molecule has 1 fully saturated rings. The Bertz CT molecular complexity index is 418. The molecule has 104 valence electrons. The normalized spacial score (nSPS) is 15.1. The molecule has 1 heterocycles. The third-order valence-corrected chi connectivity index (χ3v) is 3.46. The second-order valence-corrected chi connectivity index (χ2v) is 4.83. The summed E-state index contributed by atoms with van der Waals surface area (Å²) in [4.78, 5) is 15.7. The molecule has 0 atom stereocenters. The first-order chi connectivity index (χ1) is 9.19. The highest BCUT2D eigenvalue weighted by Gasteiger charge is 2.19. The molecule has 0 aromatic heterocycles. The van der Waals surface area contributed by atoms with Crippen LogP contribution in [0.1, 0.15) is 12.5 Å². The number of nitrogen functional groups attached to an aromatic ring is 1. The van der Waals surface area contributed by atoms with Gasteiger partial charge in [0.2, 0.25) is 0 Å². The van der Waals surface area contributed by atoms with E-state index in [0.717, 1.165) is 45.0 Å². The van der Waals surface area contributed by atoms with Crippen LogP contribution in [0.3, 0.4) is 0 Å². The number of nitrogens with zero attached hydrogens (tertiary/aromatic N) is 2. The number of nitrogens with one attached hydrogen (secondary N) is 1. The number of rotatable bonds is 6. The number of amides is 2. The van der Waals surface area contributed by atoms with E-state index in [1.165, 1.54) is 5.56 Å². The number of benzene rings is 1. The average molecular weight is 262 g/mol. The number of likely N-dealkylation sites (N-methyl/N-ethyl adjacent to an activating group) is 1. The Hall–Kier alpha value is -1.75. The first kappa shape index (κ1) is 13.7. The third kappa shape index (κ3) is 3.86. The summed E-state index contributed by atoms with van der Waals surface area (Å²) in [6.07, 6.45) is 0. The Kier molecular flexibility index (Phi) is 4.63. The van der Waals surface area contributed by atoms with Gasteiger partial charge in [0, 0.05) is 38.4 Å². The topological polar surface area (TPSA) is 61.6 Å². The maximum atomic E-state index is 11.5. The van der Waals surface area contributed by atoms with Crippen molar-refractivity contribution in [1.82, 2.24) is 15.1 Å². The van der Waals surface area contributed by atoms with E-state index in [4.69, 9.17) is 5.73 Å². The van der Waals surface area contributed by atoms with Gasteiger partial charge in [0.15, 0.2) is 0 Å². The predicted octanol–water partition coefficient (Wildman–Crippen LogP) is 1.12. The van der Waals surface area contributed by atoms with Crippen molar-refractivity contribution < 1.29 is 4.79 Å². The molecule has 3 N–H and O–H groups in total. The highest BCUT2D eigenvalue weighted by molar-refractivity contribution is 5.76. The van der Waals surface area contributed by atoms with E-state index in [2.05, 4.69) is 29.3 Å². The van der Waals surface area contributed by atoms with E-state index in [1.54, 1.807) is 0 Å². The van der Waals surface area contributed by atoms with Crippen molar-refractivity contribution in [2.75, 3.05) is 38.5 Å². The van der Waals surface area contributed by atoms with Crippen LogP contribution >= 0.6 is 0 Å². The molecular weight excluding hydrogens is 240 g/mol. The zero-order chi connectivity index (χ0) is 13.7. The summed E-state index contributed by atoms with van der Waals surface area (Å²) in [6, 6.07) is 8.03. The molecule has 1 aromatic carbocycles. The summed E-state index contributed by atoms with van der Waals surface area (Å²) < 4.78 is 0. The second-order valence-electron chi connectivity index (χ2n) is 4.83. The lowest BCUT2D eigenvalue weighted by molar-refractivity contribution is 0.201. The van der Waals surface area contributed by atoms with Gasteiger partial charge >= 0.3 is 6.03 Å². The summed E-state index contributed by atoms with van der Waals surface area (Å²) in [5.74, 6) is 0. The first-order valence-corrected chi connectivity index (χ1v) is 6.78. The number of carbonyl (C=O) groups excluding carboxylic acids is 1. The second kappa shape index (κ2) is 6.43. The lowest BCUT2D eigenvalue weighted by atomic mass is 10.2. The summed E-state index contributed by atoms with van der Waals surface area (Å²) in [7, 11) is 0. The molecule has 5 heteroatoms. The molecule has 0 aliphatic carbocycles. The van der Waals surface area contributed by atoms with E-state index < -0.39 is 0 Å². The van der Waals surface area contributed by atoms with Gasteiger partial charge in [-0.2, -0.15) is 0 Å². The van der Waals surface area contributed by atoms with Crippen LogP contribution in [0.15, 0.2) is 24.3 Å². The maximum absolute atomic E-state index is 11.5. The van der Waals surface area contributed by atoms with E-state index in [1.807, 2.05) is 17.0 Å². The van der Waals surface area contributed by atoms with Crippen LogP contribution < -0.4 is 11.1 Å². The molecule has 19 heavy (non-hydrogen) atoms. The van der Waals surface area contributed by atoms with Crippen LogP contribution in [0.5, 0.6) is 0 Å². The fraction of sp³-hybridized carbons (Fsp3) is 0.500. The molecule has 1 saturated heterocycles. The molecule has 5 nitrogen and oxygen atoms in total. The Balaban J connectivity index is 1.82. The van der Waals surface area contributed by atoms with Crippen molar-refractivity contribution in [2.45, 2.75) is 13.5 Å². The van der Waals surface area contributed by atoms with Crippen LogP contribution in [0, 0.1) is 0 Å². The van der Waals surface area contributed by atoms with Crippen molar-refractivity contribution in [3.8, 4) is 0 Å². The quantitative estimate of drug-likeness (QED) is 0.755. The number of nitrogens with two attached hydrogens (primary N) is 1. The molecule has 1 aromatic rings. The molecule has 0 saturated carbocycles. The molecule has 1 aliphatic rings. The maximum Gasteiger partial charge on any atom is 0.317 e. The van der Waals surface area contributed by atoms with Crippen molar-refractivity contribution in [1.29, 1.82) is 0 Å². The molecular formula is C14H22N4O. The minimum Gasteiger partial charge on any atom is -0.399 e. The fourth-order valence-electron chi connectivity index (χ4n) is 2.22. The molecule has 0 unspecified atom stereocenters. The van der Waals surface area contributed by atoms with Gasteiger partial charge in [-0.05, 0) is 24.2 Å². The van der Waals surface area contributed by atoms with Gasteiger partial charge in [-0.25, -0.2) is 4.79 Å². The largest absolute Gasteiger partial charge is 0.399 e. The van der Waals surface area contributed by atoms with Crippen LogP contribution in [0.25, 0.3) is 0 Å². The van der Waals surface area contributed by atoms with Gasteiger partial charge in [0.05, 0.1) is 0 Å². The Morgan fingerprint density at radius 1 is 1.37 bits per heavy atom. The molecule has 2 amide bonds. The molecule has 0 spiro atoms. The van der Waals surface area contributed by atoms with E-state index in [0.29, 0.717) is 0 Å². The van der Waals surface area contributed by atoms with Crippen molar-refractivity contribution >= 4 is 11.7 Å². The third-order valence-electron chi connectivity index (χ3n) is 3.46. The van der Waals surface area contributed by atoms with E-state index in [9.17, 15) is 4.79 Å². The minimum absolute atomic E-state index is 0.0588. The summed E-state index contributed by atoms with van der Waals surface area (Å²) >= 11 is 0. The van der Waals surface area contributed by atoms with Gasteiger partial charge in [-0.1, -0.05) is 19.1 Å². The number of hydrogen-bond acceptors (Lipinski definition) is 3. The van der Waals surface area contributed by atoms with E-state index >= 15 is 0 Å². The van der Waals surface area contributed by atoms with Crippen molar-refractivity contribution in [3.05, 3.63) is 29.8 Å². The van der Waals surface area contributed by atoms with Gasteiger partial charge in [-0.3, -0.25) is 4.90 Å². The minimum atomic E-state index is 0.0588. The number of hydrogen-bond donors (Lipinski definition) is 2. The van der Waals surface area contributed by atoms with E-state index in [-0.39, 0.29) is 6.03 Å². The molecule has 0 radical (unpaired) electrons. The summed E-state index contributed by atoms with van der Waals surface area (Å²) in [6.45, 7) is 7.28. The van der Waals surface area contributed by atoms with Crippen LogP contribution in [-0.2, 0) is 6.54 Å². The smallest absolute Gasteiger partial charge is 0.317 e. The van der Waals surface area contributed by atoms with Gasteiger partial charge in [0.25, 0.3) is 0 Å². The van der Waals surface area contributed by atoms with Gasteiger partial charge in [0.1, 0.15) is 0 Å². The Labute approximate surface area is 114 Å². The summed E-state index contributed by atoms with van der Waals surface area (Å²) in [5.41, 5.74) is 7.73. The highest BCUT2D eigenvalue weighted by Crippen LogP contribution is 2.08. The fourth-order valence-corrected chi connectivity index (χ4v) is 2.22. The van der Waals surface area contributed by atoms with Crippen molar-refractivity contribution in [3.63, 3.8) is 0 Å². The van der Waals surface area contributed by atoms with Crippen LogP contribution in [-0.4, -0.2) is 48.6 Å². The zero-order valence-corrected chi connectivity index (χ0v) is 11.4. The Morgan fingerprint density at radius 3 is 2.68 bits per heavy atom. The standard InChI is InChI=1S/C14H22N4O/c1-2-17(9-10-18-8-7-16-14(18)19)11-12-3-5-13(15)6-4-12/h3-6H,2,7-11,15H2,1H3,(H,16,19). The number of carbonyl (C=O) groups is 1. The summed E-state index contributed by atoms with van der Waals surface area (Å²) in [5, 5.41) is 2.82. The monoisotopic (exact) mass is 262 g/mol. The highest BCUT2D eigenvalue weighted by atomic mass is 16.2. The van der Waals surface area contributed by atoms with Gasteiger partial charge < -0.3 is 16.0 Å². The van der Waals surface area contributed by atoms with Crippen LogP contribution in [0.4, 0.5) is 10.5 Å². The Morgan fingerprint density at radius 2 is 2.11 bits per heavy atom. The lowest BCUT2D eigenvalue weighted by Gasteiger charge is -2.23. The first-order valence-electron chi connectivity index (χ1n) is 6.78. The van der Waals surface area contributed by atoms with Crippen molar-refractivity contribution in [2.24, 2.45) is 0 Å². The van der Waals surface area contributed by atoms with Gasteiger partial charge in [-0.15, -0.1) is 0 Å². The molecule has 0 bridgehead atoms. The molecule has 2 rings (SSSR count). The predicted molar refractivity (Wildman–Crippen MR) is 76.8 cm³/mol. The SMILES string of the molecule is CCN(CCN1CCNC1=O)Cc1ccc(N)cc1. The number of urea groups is 1. The average Bonchev–Trinajstić information content (AvgIpc) is 2.82. The van der Waals surface area contributed by atoms with Crippen LogP contribution in [0.2, 0.25) is 0 Å². The lowest BCUT2D eigenvalue weighted by Crippen LogP contribution is -2.36.